The number of ether oxygens (including phenoxy) is 2. The smallest absolute Gasteiger partial charge is 0.199 e. The fourth-order valence-electron chi connectivity index (χ4n) is 2.38. The number of rotatable bonds is 4. The Bertz CT molecular complexity index is 734. The van der Waals surface area contributed by atoms with E-state index in [1.165, 1.54) is 0 Å². The number of para-hydroxylation sites is 1. The molecule has 2 aromatic heterocycles. The number of methoxy groups -OCH3 is 2. The minimum absolute atomic E-state index is 0.693. The third-order valence-electron chi connectivity index (χ3n) is 3.34. The van der Waals surface area contributed by atoms with Gasteiger partial charge < -0.3 is 9.47 Å². The molecule has 2 heterocycles. The molecule has 0 aliphatic carbocycles. The highest BCUT2D eigenvalue weighted by molar-refractivity contribution is 5.50. The summed E-state index contributed by atoms with van der Waals surface area (Å²) >= 11 is 0. The summed E-state index contributed by atoms with van der Waals surface area (Å²) in [5.74, 6) is 2.59. The average molecular weight is 268 g/mol. The topological polar surface area (TPSA) is 35.8 Å². The second-order valence-corrected chi connectivity index (χ2v) is 4.49. The Kier molecular flexibility index (Phi) is 3.29. The normalized spacial score (nSPS) is 10.7. The third kappa shape index (κ3) is 2.09. The molecule has 0 unspecified atom stereocenters. The first-order valence-corrected chi connectivity index (χ1v) is 6.44. The molecule has 0 saturated heterocycles. The number of aromatic nitrogens is 2. The van der Waals surface area contributed by atoms with Gasteiger partial charge in [0.25, 0.3) is 0 Å². The van der Waals surface area contributed by atoms with Crippen LogP contribution in [0.4, 0.5) is 0 Å². The Morgan fingerprint density at radius 1 is 1.00 bits per heavy atom. The van der Waals surface area contributed by atoms with Crippen molar-refractivity contribution >= 4 is 5.52 Å². The van der Waals surface area contributed by atoms with Crippen molar-refractivity contribution in [3.63, 3.8) is 0 Å². The van der Waals surface area contributed by atoms with E-state index in [0.717, 1.165) is 28.5 Å². The van der Waals surface area contributed by atoms with Gasteiger partial charge in [-0.05, 0) is 18.2 Å². The van der Waals surface area contributed by atoms with Gasteiger partial charge in [0.2, 0.25) is 0 Å². The van der Waals surface area contributed by atoms with Crippen LogP contribution in [-0.2, 0) is 6.42 Å². The summed E-state index contributed by atoms with van der Waals surface area (Å²) in [6.45, 7) is 0. The van der Waals surface area contributed by atoms with E-state index in [2.05, 4.69) is 11.1 Å². The van der Waals surface area contributed by atoms with Crippen LogP contribution in [-0.4, -0.2) is 23.6 Å². The van der Waals surface area contributed by atoms with Crippen molar-refractivity contribution in [2.45, 2.75) is 6.42 Å². The van der Waals surface area contributed by atoms with Gasteiger partial charge in [0, 0.05) is 12.0 Å². The van der Waals surface area contributed by atoms with E-state index < -0.39 is 0 Å². The SMILES string of the molecule is COc1ccccc1Cc1ncc2cccc(OC)n12. The number of benzene rings is 1. The van der Waals surface area contributed by atoms with Crippen LogP contribution in [0.3, 0.4) is 0 Å². The number of nitrogens with zero attached hydrogens (tertiary/aromatic N) is 2. The Hall–Kier alpha value is -2.49. The van der Waals surface area contributed by atoms with Crippen molar-refractivity contribution in [2.24, 2.45) is 0 Å². The van der Waals surface area contributed by atoms with E-state index in [9.17, 15) is 0 Å². The summed E-state index contributed by atoms with van der Waals surface area (Å²) < 4.78 is 12.8. The first kappa shape index (κ1) is 12.5. The zero-order valence-corrected chi connectivity index (χ0v) is 11.5. The maximum absolute atomic E-state index is 5.41. The van der Waals surface area contributed by atoms with Crippen LogP contribution in [0.1, 0.15) is 11.4 Å². The number of hydrogen-bond donors (Lipinski definition) is 0. The lowest BCUT2D eigenvalue weighted by atomic mass is 10.1. The van der Waals surface area contributed by atoms with Crippen molar-refractivity contribution in [3.8, 4) is 11.6 Å². The molecule has 0 aliphatic heterocycles. The predicted molar refractivity (Wildman–Crippen MR) is 77.5 cm³/mol. The molecular weight excluding hydrogens is 252 g/mol. The molecule has 0 aliphatic rings. The minimum atomic E-state index is 0.693. The monoisotopic (exact) mass is 268 g/mol. The highest BCUT2D eigenvalue weighted by Gasteiger charge is 2.11. The van der Waals surface area contributed by atoms with Crippen molar-refractivity contribution < 1.29 is 9.47 Å². The molecule has 0 radical (unpaired) electrons. The molecule has 4 nitrogen and oxygen atoms in total. The first-order chi connectivity index (χ1) is 9.83. The molecule has 0 atom stereocenters. The molecule has 0 N–H and O–H groups in total. The highest BCUT2D eigenvalue weighted by Crippen LogP contribution is 2.23. The molecule has 1 aromatic carbocycles. The van der Waals surface area contributed by atoms with Crippen LogP contribution in [0, 0.1) is 0 Å². The Morgan fingerprint density at radius 3 is 2.65 bits per heavy atom. The van der Waals surface area contributed by atoms with E-state index in [1.807, 2.05) is 47.0 Å². The van der Waals surface area contributed by atoms with Crippen molar-refractivity contribution in [3.05, 3.63) is 60.0 Å². The summed E-state index contributed by atoms with van der Waals surface area (Å²) in [5.41, 5.74) is 2.13. The van der Waals surface area contributed by atoms with Crippen LogP contribution < -0.4 is 9.47 Å². The van der Waals surface area contributed by atoms with E-state index in [1.54, 1.807) is 14.2 Å². The zero-order valence-electron chi connectivity index (χ0n) is 11.5. The van der Waals surface area contributed by atoms with Gasteiger partial charge in [0.15, 0.2) is 5.88 Å². The van der Waals surface area contributed by atoms with Crippen LogP contribution in [0.2, 0.25) is 0 Å². The third-order valence-corrected chi connectivity index (χ3v) is 3.34. The second-order valence-electron chi connectivity index (χ2n) is 4.49. The number of imidazole rings is 1. The number of fused-ring (bicyclic) bond motifs is 1. The van der Waals surface area contributed by atoms with Gasteiger partial charge in [-0.2, -0.15) is 0 Å². The maximum atomic E-state index is 5.41. The summed E-state index contributed by atoms with van der Waals surface area (Å²) in [6.07, 6.45) is 2.55. The first-order valence-electron chi connectivity index (χ1n) is 6.44. The molecule has 4 heteroatoms. The maximum Gasteiger partial charge on any atom is 0.199 e. The van der Waals surface area contributed by atoms with Crippen LogP contribution >= 0.6 is 0 Å². The standard InChI is InChI=1S/C16H16N2O2/c1-19-14-8-4-3-6-12(14)10-15-17-11-13-7-5-9-16(20-2)18(13)15/h3-9,11H,10H2,1-2H3. The molecular formula is C16H16N2O2. The van der Waals surface area contributed by atoms with E-state index in [4.69, 9.17) is 9.47 Å². The van der Waals surface area contributed by atoms with Crippen LogP contribution in [0.25, 0.3) is 5.52 Å². The average Bonchev–Trinajstić information content (AvgIpc) is 2.91. The molecule has 0 amide bonds. The van der Waals surface area contributed by atoms with Gasteiger partial charge in [-0.15, -0.1) is 0 Å². The lowest BCUT2D eigenvalue weighted by Crippen LogP contribution is -2.01. The highest BCUT2D eigenvalue weighted by atomic mass is 16.5. The van der Waals surface area contributed by atoms with Crippen LogP contribution in [0.5, 0.6) is 11.6 Å². The predicted octanol–water partition coefficient (Wildman–Crippen LogP) is 2.94. The van der Waals surface area contributed by atoms with Gasteiger partial charge >= 0.3 is 0 Å². The van der Waals surface area contributed by atoms with Crippen molar-refractivity contribution in [1.29, 1.82) is 0 Å². The summed E-state index contributed by atoms with van der Waals surface area (Å²) in [6, 6.07) is 13.9. The Labute approximate surface area is 117 Å². The van der Waals surface area contributed by atoms with E-state index in [-0.39, 0.29) is 0 Å². The summed E-state index contributed by atoms with van der Waals surface area (Å²) in [7, 11) is 3.35. The van der Waals surface area contributed by atoms with Crippen molar-refractivity contribution in [1.82, 2.24) is 9.38 Å². The lowest BCUT2D eigenvalue weighted by molar-refractivity contribution is 0.390. The largest absolute Gasteiger partial charge is 0.496 e. The molecule has 0 bridgehead atoms. The van der Waals surface area contributed by atoms with Crippen LogP contribution in [0.15, 0.2) is 48.7 Å². The molecule has 0 fully saturated rings. The molecule has 20 heavy (non-hydrogen) atoms. The summed E-state index contributed by atoms with van der Waals surface area (Å²) in [4.78, 5) is 4.50. The number of pyridine rings is 1. The molecule has 0 spiro atoms. The van der Waals surface area contributed by atoms with E-state index in [0.29, 0.717) is 6.42 Å². The van der Waals surface area contributed by atoms with Gasteiger partial charge in [-0.25, -0.2) is 4.98 Å². The lowest BCUT2D eigenvalue weighted by Gasteiger charge is -2.09. The zero-order chi connectivity index (χ0) is 13.9. The molecule has 102 valence electrons. The summed E-state index contributed by atoms with van der Waals surface area (Å²) in [5, 5.41) is 0. The van der Waals surface area contributed by atoms with Gasteiger partial charge in [-0.1, -0.05) is 24.3 Å². The quantitative estimate of drug-likeness (QED) is 0.730. The van der Waals surface area contributed by atoms with Gasteiger partial charge in [-0.3, -0.25) is 4.40 Å². The molecule has 0 saturated carbocycles. The molecule has 3 rings (SSSR count). The van der Waals surface area contributed by atoms with E-state index >= 15 is 0 Å². The minimum Gasteiger partial charge on any atom is -0.496 e. The fourth-order valence-corrected chi connectivity index (χ4v) is 2.38. The van der Waals surface area contributed by atoms with Crippen molar-refractivity contribution in [2.75, 3.05) is 14.2 Å². The van der Waals surface area contributed by atoms with Gasteiger partial charge in [0.1, 0.15) is 11.6 Å². The fraction of sp³-hybridized carbons (Fsp3) is 0.188. The molecule has 3 aromatic rings. The van der Waals surface area contributed by atoms with Gasteiger partial charge in [0.05, 0.1) is 25.9 Å². The second kappa shape index (κ2) is 5.25. The Balaban J connectivity index is 2.07. The number of hydrogen-bond acceptors (Lipinski definition) is 3. The Morgan fingerprint density at radius 2 is 1.85 bits per heavy atom.